The highest BCUT2D eigenvalue weighted by Crippen LogP contribution is 2.70. The van der Waals surface area contributed by atoms with Crippen LogP contribution in [-0.2, 0) is 23.9 Å². The summed E-state index contributed by atoms with van der Waals surface area (Å²) in [5, 5.41) is 24.1. The molecule has 4 aliphatic carbocycles. The number of rotatable bonds is 5. The Balaban J connectivity index is 1.41. The van der Waals surface area contributed by atoms with E-state index in [1.54, 1.807) is 6.08 Å². The van der Waals surface area contributed by atoms with Crippen LogP contribution in [0.25, 0.3) is 0 Å². The maximum Gasteiger partial charge on any atom is 0.331 e. The van der Waals surface area contributed by atoms with E-state index in [2.05, 4.69) is 6.92 Å². The third-order valence-electron chi connectivity index (χ3n) is 10.6. The third-order valence-corrected chi connectivity index (χ3v) is 10.6. The van der Waals surface area contributed by atoms with Gasteiger partial charge in [-0.1, -0.05) is 13.8 Å². The molecule has 5 aliphatic rings. The van der Waals surface area contributed by atoms with Gasteiger partial charge in [-0.05, 0) is 81.1 Å². The van der Waals surface area contributed by atoms with Crippen LogP contribution in [0.4, 0.5) is 0 Å². The Morgan fingerprint density at radius 3 is 2.59 bits per heavy atom. The molecule has 7 heteroatoms. The number of aliphatic hydroxyl groups is 2. The minimum absolute atomic E-state index is 0.0838. The monoisotopic (exact) mass is 474 g/mol. The third kappa shape index (κ3) is 3.18. The first kappa shape index (κ1) is 24.0. The molecule has 188 valence electrons. The summed E-state index contributed by atoms with van der Waals surface area (Å²) in [6, 6.07) is 0. The Kier molecular flexibility index (Phi) is 5.75. The SMILES string of the molecule is CCCC(=O)O[C@H]1CC[C@]2(C=O)[C@H]3CC[C@]4(C)[C@@H](C5=CC(=O)OC5)CC[C@]4(O)[C@@H]3CC[C@]2(O)C1. The van der Waals surface area contributed by atoms with Crippen LogP contribution in [0.5, 0.6) is 0 Å². The largest absolute Gasteiger partial charge is 0.462 e. The lowest BCUT2D eigenvalue weighted by Crippen LogP contribution is -2.69. The van der Waals surface area contributed by atoms with Crippen LogP contribution in [0.2, 0.25) is 0 Å². The van der Waals surface area contributed by atoms with Gasteiger partial charge < -0.3 is 24.5 Å². The summed E-state index contributed by atoms with van der Waals surface area (Å²) in [5.74, 6) is -0.650. The standard InChI is InChI=1S/C27H38O7/c1-3-4-22(29)34-18-5-10-25(16-28)20-6-9-24(2)19(17-13-23(30)33-15-17)8-12-27(24,32)21(20)7-11-26(25,31)14-18/h13,16,18-21,31-32H,3-12,14-15H2,1-2H3/t18-,19+,20-,21+,24+,25-,26-,27-/m0/s1. The van der Waals surface area contributed by atoms with Crippen LogP contribution in [0.1, 0.15) is 84.5 Å². The molecule has 2 N–H and O–H groups in total. The molecule has 7 nitrogen and oxygen atoms in total. The van der Waals surface area contributed by atoms with E-state index in [1.807, 2.05) is 6.92 Å². The Morgan fingerprint density at radius 2 is 1.91 bits per heavy atom. The number of ether oxygens (including phenoxy) is 2. The van der Waals surface area contributed by atoms with Gasteiger partial charge >= 0.3 is 11.9 Å². The van der Waals surface area contributed by atoms with Crippen molar-refractivity contribution in [3.8, 4) is 0 Å². The average molecular weight is 475 g/mol. The minimum atomic E-state index is -1.22. The van der Waals surface area contributed by atoms with Crippen LogP contribution in [0.15, 0.2) is 11.6 Å². The normalized spacial score (nSPS) is 47.6. The summed E-state index contributed by atoms with van der Waals surface area (Å²) < 4.78 is 10.8. The molecule has 1 aliphatic heterocycles. The number of cyclic esters (lactones) is 1. The van der Waals surface area contributed by atoms with E-state index in [-0.39, 0.29) is 47.6 Å². The van der Waals surface area contributed by atoms with Gasteiger partial charge in [0.2, 0.25) is 0 Å². The molecule has 4 saturated carbocycles. The Morgan fingerprint density at radius 1 is 1.15 bits per heavy atom. The molecule has 0 aromatic heterocycles. The molecular weight excluding hydrogens is 436 g/mol. The molecule has 1 heterocycles. The Hall–Kier alpha value is -1.73. The predicted octanol–water partition coefficient (Wildman–Crippen LogP) is 3.25. The molecule has 0 spiro atoms. The summed E-state index contributed by atoms with van der Waals surface area (Å²) >= 11 is 0. The summed E-state index contributed by atoms with van der Waals surface area (Å²) in [6.07, 6.45) is 8.57. The van der Waals surface area contributed by atoms with Crippen molar-refractivity contribution in [2.24, 2.45) is 28.6 Å². The van der Waals surface area contributed by atoms with Gasteiger partial charge in [0.1, 0.15) is 19.0 Å². The Bertz CT molecular complexity index is 913. The second-order valence-corrected chi connectivity index (χ2v) is 11.8. The van der Waals surface area contributed by atoms with Gasteiger partial charge in [0.15, 0.2) is 0 Å². The van der Waals surface area contributed by atoms with Crippen molar-refractivity contribution in [3.63, 3.8) is 0 Å². The molecule has 0 bridgehead atoms. The first-order valence-electron chi connectivity index (χ1n) is 13.1. The van der Waals surface area contributed by atoms with Gasteiger partial charge in [-0.2, -0.15) is 0 Å². The first-order valence-corrected chi connectivity index (χ1v) is 13.1. The fourth-order valence-corrected chi connectivity index (χ4v) is 8.87. The molecule has 34 heavy (non-hydrogen) atoms. The van der Waals surface area contributed by atoms with Crippen molar-refractivity contribution in [2.75, 3.05) is 6.61 Å². The molecule has 5 rings (SSSR count). The molecule has 0 saturated heterocycles. The number of hydrogen-bond acceptors (Lipinski definition) is 7. The maximum atomic E-state index is 12.8. The predicted molar refractivity (Wildman–Crippen MR) is 122 cm³/mol. The minimum Gasteiger partial charge on any atom is -0.462 e. The smallest absolute Gasteiger partial charge is 0.331 e. The summed E-state index contributed by atoms with van der Waals surface area (Å²) in [7, 11) is 0. The fourth-order valence-electron chi connectivity index (χ4n) is 8.87. The van der Waals surface area contributed by atoms with E-state index in [1.165, 1.54) is 0 Å². The number of hydrogen-bond donors (Lipinski definition) is 2. The van der Waals surface area contributed by atoms with Gasteiger partial charge in [0.05, 0.1) is 16.6 Å². The van der Waals surface area contributed by atoms with E-state index >= 15 is 0 Å². The van der Waals surface area contributed by atoms with Gasteiger partial charge in [-0.25, -0.2) is 4.79 Å². The van der Waals surface area contributed by atoms with Crippen LogP contribution in [-0.4, -0.2) is 52.4 Å². The van der Waals surface area contributed by atoms with E-state index in [0.29, 0.717) is 51.6 Å². The van der Waals surface area contributed by atoms with Crippen molar-refractivity contribution in [1.29, 1.82) is 0 Å². The Labute approximate surface area is 201 Å². The molecule has 4 fully saturated rings. The van der Waals surface area contributed by atoms with E-state index in [9.17, 15) is 24.6 Å². The van der Waals surface area contributed by atoms with Gasteiger partial charge in [-0.3, -0.25) is 4.79 Å². The quantitative estimate of drug-likeness (QED) is 0.465. The average Bonchev–Trinajstić information content (AvgIpc) is 3.33. The fraction of sp³-hybridized carbons (Fsp3) is 0.815. The molecule has 0 amide bonds. The van der Waals surface area contributed by atoms with Crippen molar-refractivity contribution >= 4 is 18.2 Å². The molecule has 0 radical (unpaired) electrons. The second kappa shape index (κ2) is 8.16. The highest BCUT2D eigenvalue weighted by molar-refractivity contribution is 5.85. The number of carbonyl (C=O) groups excluding carboxylic acids is 3. The number of aldehydes is 1. The van der Waals surface area contributed by atoms with Crippen LogP contribution in [0, 0.1) is 28.6 Å². The van der Waals surface area contributed by atoms with E-state index in [4.69, 9.17) is 9.47 Å². The summed E-state index contributed by atoms with van der Waals surface area (Å²) in [6.45, 7) is 4.38. The number of fused-ring (bicyclic) bond motifs is 5. The van der Waals surface area contributed by atoms with Gasteiger partial charge in [0, 0.05) is 24.3 Å². The van der Waals surface area contributed by atoms with Crippen LogP contribution in [0.3, 0.4) is 0 Å². The van der Waals surface area contributed by atoms with Crippen molar-refractivity contribution in [1.82, 2.24) is 0 Å². The molecule has 0 aromatic rings. The lowest BCUT2D eigenvalue weighted by atomic mass is 9.41. The number of carbonyl (C=O) groups is 3. The van der Waals surface area contributed by atoms with Crippen LogP contribution < -0.4 is 0 Å². The van der Waals surface area contributed by atoms with E-state index < -0.39 is 16.6 Å². The highest BCUT2D eigenvalue weighted by Gasteiger charge is 2.71. The van der Waals surface area contributed by atoms with Gasteiger partial charge in [-0.15, -0.1) is 0 Å². The zero-order chi connectivity index (χ0) is 24.4. The molecule has 0 unspecified atom stereocenters. The maximum absolute atomic E-state index is 12.8. The summed E-state index contributed by atoms with van der Waals surface area (Å²) in [4.78, 5) is 36.6. The van der Waals surface area contributed by atoms with Crippen molar-refractivity contribution < 1.29 is 34.1 Å². The highest BCUT2D eigenvalue weighted by atomic mass is 16.5. The second-order valence-electron chi connectivity index (χ2n) is 11.8. The topological polar surface area (TPSA) is 110 Å². The van der Waals surface area contributed by atoms with Crippen LogP contribution >= 0.6 is 0 Å². The molecule has 8 atom stereocenters. The van der Waals surface area contributed by atoms with Gasteiger partial charge in [0.25, 0.3) is 0 Å². The van der Waals surface area contributed by atoms with Crippen molar-refractivity contribution in [2.45, 2.75) is 102 Å². The molecular formula is C27H38O7. The zero-order valence-electron chi connectivity index (χ0n) is 20.4. The van der Waals surface area contributed by atoms with Crippen molar-refractivity contribution in [3.05, 3.63) is 11.6 Å². The molecule has 0 aromatic carbocycles. The lowest BCUT2D eigenvalue weighted by molar-refractivity contribution is -0.249. The first-order chi connectivity index (χ1) is 16.1. The van der Waals surface area contributed by atoms with E-state index in [0.717, 1.165) is 31.1 Å². The number of esters is 2. The summed E-state index contributed by atoms with van der Waals surface area (Å²) in [5.41, 5.74) is -2.50. The zero-order valence-corrected chi connectivity index (χ0v) is 20.4. The lowest BCUT2D eigenvalue weighted by Gasteiger charge is -2.65.